The zero-order valence-electron chi connectivity index (χ0n) is 10.5. The normalized spacial score (nSPS) is 10.5. The molecular formula is C14H14Br2N2. The topological polar surface area (TPSA) is 24.9 Å². The van der Waals surface area contributed by atoms with E-state index in [4.69, 9.17) is 0 Å². The Labute approximate surface area is 124 Å². The van der Waals surface area contributed by atoms with Crippen LogP contribution in [0.4, 0.5) is 11.5 Å². The molecule has 0 radical (unpaired) electrons. The highest BCUT2D eigenvalue weighted by Crippen LogP contribution is 2.29. The van der Waals surface area contributed by atoms with Crippen LogP contribution in [-0.4, -0.2) is 4.98 Å². The lowest BCUT2D eigenvalue weighted by atomic mass is 10.1. The molecule has 0 unspecified atom stereocenters. The van der Waals surface area contributed by atoms with Crippen LogP contribution >= 0.6 is 31.9 Å². The van der Waals surface area contributed by atoms with Gasteiger partial charge in [0.05, 0.1) is 0 Å². The summed E-state index contributed by atoms with van der Waals surface area (Å²) < 4.78 is 2.10. The Morgan fingerprint density at radius 1 is 0.889 bits per heavy atom. The highest BCUT2D eigenvalue weighted by atomic mass is 79.9. The minimum atomic E-state index is 0.895. The van der Waals surface area contributed by atoms with Crippen LogP contribution in [0.5, 0.6) is 0 Å². The third-order valence-electron chi connectivity index (χ3n) is 2.79. The third-order valence-corrected chi connectivity index (χ3v) is 3.68. The number of benzene rings is 1. The Morgan fingerprint density at radius 2 is 1.44 bits per heavy atom. The maximum atomic E-state index is 4.41. The van der Waals surface area contributed by atoms with Crippen LogP contribution in [0, 0.1) is 20.8 Å². The monoisotopic (exact) mass is 368 g/mol. The van der Waals surface area contributed by atoms with Gasteiger partial charge in [-0.1, -0.05) is 15.9 Å². The quantitative estimate of drug-likeness (QED) is 0.779. The van der Waals surface area contributed by atoms with Crippen LogP contribution in [0.3, 0.4) is 0 Å². The second-order valence-electron chi connectivity index (χ2n) is 4.36. The van der Waals surface area contributed by atoms with Gasteiger partial charge in [0.1, 0.15) is 5.82 Å². The molecule has 0 aliphatic carbocycles. The van der Waals surface area contributed by atoms with Crippen LogP contribution in [0.15, 0.2) is 33.3 Å². The van der Waals surface area contributed by atoms with Crippen LogP contribution < -0.4 is 5.32 Å². The second kappa shape index (κ2) is 5.41. The number of pyridine rings is 1. The van der Waals surface area contributed by atoms with Gasteiger partial charge in [0.2, 0.25) is 0 Å². The number of hydrogen-bond acceptors (Lipinski definition) is 2. The molecule has 2 aromatic rings. The highest BCUT2D eigenvalue weighted by molar-refractivity contribution is 9.10. The minimum Gasteiger partial charge on any atom is -0.340 e. The molecule has 0 atom stereocenters. The van der Waals surface area contributed by atoms with E-state index in [0.717, 1.165) is 26.0 Å². The number of hydrogen-bond donors (Lipinski definition) is 1. The van der Waals surface area contributed by atoms with E-state index in [2.05, 4.69) is 74.2 Å². The lowest BCUT2D eigenvalue weighted by molar-refractivity contribution is 1.22. The molecule has 1 aromatic carbocycles. The molecule has 2 nitrogen and oxygen atoms in total. The maximum absolute atomic E-state index is 4.41. The summed E-state index contributed by atoms with van der Waals surface area (Å²) in [5.74, 6) is 0.895. The van der Waals surface area contributed by atoms with Crippen LogP contribution in [0.1, 0.15) is 16.7 Å². The molecule has 0 bridgehead atoms. The van der Waals surface area contributed by atoms with Gasteiger partial charge in [-0.2, -0.15) is 0 Å². The number of aromatic nitrogens is 1. The summed E-state index contributed by atoms with van der Waals surface area (Å²) in [6.07, 6.45) is 1.80. The number of halogens is 2. The van der Waals surface area contributed by atoms with Crippen molar-refractivity contribution in [2.75, 3.05) is 5.32 Å². The highest BCUT2D eigenvalue weighted by Gasteiger charge is 2.07. The Kier molecular flexibility index (Phi) is 4.07. The van der Waals surface area contributed by atoms with Gasteiger partial charge in [-0.3, -0.25) is 0 Å². The predicted molar refractivity (Wildman–Crippen MR) is 83.6 cm³/mol. The fourth-order valence-corrected chi connectivity index (χ4v) is 3.03. The predicted octanol–water partition coefficient (Wildman–Crippen LogP) is 5.28. The summed E-state index contributed by atoms with van der Waals surface area (Å²) in [4.78, 5) is 4.41. The summed E-state index contributed by atoms with van der Waals surface area (Å²) in [5.41, 5.74) is 4.64. The molecule has 0 fully saturated rings. The average Bonchev–Trinajstić information content (AvgIpc) is 2.25. The Morgan fingerprint density at radius 3 is 2.00 bits per heavy atom. The average molecular weight is 370 g/mol. The molecule has 1 heterocycles. The van der Waals surface area contributed by atoms with Crippen molar-refractivity contribution in [3.05, 3.63) is 50.0 Å². The fraction of sp³-hybridized carbons (Fsp3) is 0.214. The van der Waals surface area contributed by atoms with Crippen LogP contribution in [0.25, 0.3) is 0 Å². The largest absolute Gasteiger partial charge is 0.340 e. The molecule has 0 spiro atoms. The molecule has 0 aliphatic rings. The van der Waals surface area contributed by atoms with Crippen molar-refractivity contribution >= 4 is 43.4 Å². The second-order valence-corrected chi connectivity index (χ2v) is 6.19. The molecule has 4 heteroatoms. The first kappa shape index (κ1) is 13.6. The van der Waals surface area contributed by atoms with Gasteiger partial charge in [-0.05, 0) is 71.6 Å². The summed E-state index contributed by atoms with van der Waals surface area (Å²) in [6.45, 7) is 6.23. The number of rotatable bonds is 2. The molecule has 1 N–H and O–H groups in total. The van der Waals surface area contributed by atoms with Gasteiger partial charge in [0.15, 0.2) is 0 Å². The lowest BCUT2D eigenvalue weighted by Gasteiger charge is -2.14. The molecule has 0 saturated heterocycles. The first-order valence-corrected chi connectivity index (χ1v) is 7.22. The minimum absolute atomic E-state index is 0.895. The van der Waals surface area contributed by atoms with Crippen molar-refractivity contribution in [2.45, 2.75) is 20.8 Å². The fourth-order valence-electron chi connectivity index (χ4n) is 1.90. The first-order chi connectivity index (χ1) is 8.47. The van der Waals surface area contributed by atoms with Crippen molar-refractivity contribution in [1.82, 2.24) is 4.98 Å². The van der Waals surface area contributed by atoms with Crippen LogP contribution in [0.2, 0.25) is 0 Å². The van der Waals surface area contributed by atoms with Gasteiger partial charge in [0.25, 0.3) is 0 Å². The van der Waals surface area contributed by atoms with Crippen molar-refractivity contribution in [3.63, 3.8) is 0 Å². The summed E-state index contributed by atoms with van der Waals surface area (Å²) in [5, 5.41) is 3.41. The van der Waals surface area contributed by atoms with Gasteiger partial charge in [-0.15, -0.1) is 0 Å². The van der Waals surface area contributed by atoms with Crippen LogP contribution in [-0.2, 0) is 0 Å². The summed E-state index contributed by atoms with van der Waals surface area (Å²) in [7, 11) is 0. The van der Waals surface area contributed by atoms with Crippen molar-refractivity contribution < 1.29 is 0 Å². The maximum Gasteiger partial charge on any atom is 0.133 e. The summed E-state index contributed by atoms with van der Waals surface area (Å²) >= 11 is 6.93. The Bertz CT molecular complexity index is 571. The molecule has 2 rings (SSSR count). The SMILES string of the molecule is Cc1cc(Br)cnc1Nc1c(C)cc(Br)cc1C. The molecular weight excluding hydrogens is 356 g/mol. The third kappa shape index (κ3) is 2.93. The Hall–Kier alpha value is -0.870. The van der Waals surface area contributed by atoms with Gasteiger partial charge in [0, 0.05) is 20.8 Å². The van der Waals surface area contributed by atoms with Gasteiger partial charge < -0.3 is 5.32 Å². The van der Waals surface area contributed by atoms with E-state index in [0.29, 0.717) is 0 Å². The van der Waals surface area contributed by atoms with Crippen molar-refractivity contribution in [2.24, 2.45) is 0 Å². The van der Waals surface area contributed by atoms with E-state index in [-0.39, 0.29) is 0 Å². The molecule has 18 heavy (non-hydrogen) atoms. The molecule has 1 aromatic heterocycles. The number of anilines is 2. The van der Waals surface area contributed by atoms with Crippen molar-refractivity contribution in [1.29, 1.82) is 0 Å². The van der Waals surface area contributed by atoms with E-state index >= 15 is 0 Å². The molecule has 0 saturated carbocycles. The van der Waals surface area contributed by atoms with Crippen molar-refractivity contribution in [3.8, 4) is 0 Å². The number of nitrogens with zero attached hydrogens (tertiary/aromatic N) is 1. The van der Waals surface area contributed by atoms with E-state index in [1.165, 1.54) is 11.1 Å². The zero-order chi connectivity index (χ0) is 13.3. The summed E-state index contributed by atoms with van der Waals surface area (Å²) in [6, 6.07) is 6.26. The lowest BCUT2D eigenvalue weighted by Crippen LogP contribution is -2.00. The van der Waals surface area contributed by atoms with E-state index in [1.807, 2.05) is 6.92 Å². The molecule has 0 aliphatic heterocycles. The van der Waals surface area contributed by atoms with Gasteiger partial charge >= 0.3 is 0 Å². The standard InChI is InChI=1S/C14H14Br2N2/c1-8-4-11(15)5-9(2)13(8)18-14-10(3)6-12(16)7-17-14/h4-7H,1-3H3,(H,17,18). The first-order valence-electron chi connectivity index (χ1n) is 5.63. The Balaban J connectivity index is 2.40. The van der Waals surface area contributed by atoms with Gasteiger partial charge in [-0.25, -0.2) is 4.98 Å². The van der Waals surface area contributed by atoms with E-state index in [1.54, 1.807) is 6.20 Å². The van der Waals surface area contributed by atoms with E-state index in [9.17, 15) is 0 Å². The molecule has 0 amide bonds. The smallest absolute Gasteiger partial charge is 0.133 e. The van der Waals surface area contributed by atoms with E-state index < -0.39 is 0 Å². The number of nitrogens with one attached hydrogen (secondary N) is 1. The number of aryl methyl sites for hydroxylation is 3. The molecule has 94 valence electrons. The zero-order valence-corrected chi connectivity index (χ0v) is 13.7.